The van der Waals surface area contributed by atoms with Crippen LogP contribution >= 0.6 is 0 Å². The lowest BCUT2D eigenvalue weighted by molar-refractivity contribution is -0.404. The first-order valence-electron chi connectivity index (χ1n) is 23.2. The topological polar surface area (TPSA) is 334 Å². The highest BCUT2D eigenvalue weighted by molar-refractivity contribution is 5.95. The predicted octanol–water partition coefficient (Wildman–Crippen LogP) is -3.55. The van der Waals surface area contributed by atoms with E-state index in [4.69, 9.17) is 37.9 Å². The monoisotopic (exact) mass is 934 g/mol. The molecule has 4 saturated heterocycles. The molecule has 0 unspecified atom stereocenters. The molecule has 0 radical (unpaired) electrons. The minimum atomic E-state index is -2.00. The zero-order valence-corrected chi connectivity index (χ0v) is 37.0. The highest BCUT2D eigenvalue weighted by atomic mass is 16.8. The number of ether oxygens (including phenoxy) is 8. The van der Waals surface area contributed by atoms with Crippen LogP contribution in [0.25, 0.3) is 0 Å². The average molecular weight is 935 g/mol. The van der Waals surface area contributed by atoms with Gasteiger partial charge in [0.25, 0.3) is 0 Å². The largest absolute Gasteiger partial charge is 0.394 e. The van der Waals surface area contributed by atoms with E-state index in [1.165, 1.54) is 0 Å². The number of rotatable bonds is 12. The summed E-state index contributed by atoms with van der Waals surface area (Å²) in [7, 11) is 0. The van der Waals surface area contributed by atoms with Crippen molar-refractivity contribution in [1.29, 1.82) is 0 Å². The SMILES string of the molecule is CC(=O)C1=CC[C@H]2[C@@H]3CC[C@H]4C[C@@H](O[C@@H]5O[C@H](CO)[C@H](O[C@@H]6O[C@H](CO)[C@@H](O)[C@H](O[C@@H]7OC[C@@H](O)[C@H](O)[C@H]7O)[C@H]6O[C@@H]6O[C@H](CO)[C@@H](O)[C@H](O)[C@H]6O)[C@H](O)[C@H]5O)CC[C@]4(C)[C@H]3CC[C@]12C. The fraction of sp³-hybridized carbons (Fsp3) is 0.932. The van der Waals surface area contributed by atoms with Crippen LogP contribution in [-0.4, -0.2) is 216 Å². The summed E-state index contributed by atoms with van der Waals surface area (Å²) in [6, 6.07) is 0. The van der Waals surface area contributed by atoms with Gasteiger partial charge in [0.05, 0.1) is 32.5 Å². The Labute approximate surface area is 376 Å². The van der Waals surface area contributed by atoms with Crippen molar-refractivity contribution in [2.45, 2.75) is 195 Å². The molecule has 65 heavy (non-hydrogen) atoms. The van der Waals surface area contributed by atoms with Gasteiger partial charge < -0.3 is 99.2 Å². The normalized spacial score (nSPS) is 53.7. The molecule has 8 aliphatic rings. The Bertz CT molecular complexity index is 1670. The molecule has 4 aliphatic carbocycles. The second-order valence-electron chi connectivity index (χ2n) is 20.2. The summed E-state index contributed by atoms with van der Waals surface area (Å²) < 4.78 is 47.5. The van der Waals surface area contributed by atoms with Gasteiger partial charge in [-0.1, -0.05) is 19.9 Å². The molecule has 0 bridgehead atoms. The fourth-order valence-corrected chi connectivity index (χ4v) is 13.0. The Hall–Kier alpha value is -1.39. The molecular formula is C44H70O21. The lowest BCUT2D eigenvalue weighted by atomic mass is 9.44. The molecule has 0 aromatic carbocycles. The second-order valence-corrected chi connectivity index (χ2v) is 20.2. The van der Waals surface area contributed by atoms with Crippen molar-refractivity contribution in [2.24, 2.45) is 34.5 Å². The van der Waals surface area contributed by atoms with E-state index in [0.717, 1.165) is 44.1 Å². The average Bonchev–Trinajstić information content (AvgIpc) is 3.65. The first-order valence-corrected chi connectivity index (χ1v) is 23.2. The van der Waals surface area contributed by atoms with E-state index in [9.17, 15) is 66.1 Å². The van der Waals surface area contributed by atoms with Crippen LogP contribution in [0, 0.1) is 34.5 Å². The van der Waals surface area contributed by atoms with Gasteiger partial charge >= 0.3 is 0 Å². The zero-order valence-electron chi connectivity index (χ0n) is 37.0. The molecule has 4 heterocycles. The van der Waals surface area contributed by atoms with Crippen molar-refractivity contribution < 1.29 is 104 Å². The van der Waals surface area contributed by atoms with Crippen LogP contribution in [0.15, 0.2) is 11.6 Å². The Kier molecular flexibility index (Phi) is 15.2. The first kappa shape index (κ1) is 50.0. The number of allylic oxidation sites excluding steroid dienone is 2. The second kappa shape index (κ2) is 19.8. The third-order valence-corrected chi connectivity index (χ3v) is 16.7. The molecule has 4 aliphatic heterocycles. The summed E-state index contributed by atoms with van der Waals surface area (Å²) in [4.78, 5) is 12.6. The van der Waals surface area contributed by atoms with Crippen molar-refractivity contribution in [2.75, 3.05) is 26.4 Å². The van der Waals surface area contributed by atoms with Crippen LogP contribution in [-0.2, 0) is 42.7 Å². The Morgan fingerprint density at radius 3 is 1.91 bits per heavy atom. The standard InChI is InChI=1S/C44H70O21/c1-17(48)21-6-7-22-20-5-4-18-12-19(8-10-43(18,2)23(20)9-11-44(21,22)3)59-40-35(57)32(54)36(27(15-47)62-40)63-42-38(65-41-34(56)31(53)29(51)25(13-45)60-41)37(30(52)26(14-46)61-42)64-39-33(55)28(50)24(49)16-58-39/h6,18-20,22-42,45-47,49-57H,4-5,7-16H2,1-3H3/t18-,19-,20-,22-,23-,24+,25+,26+,27+,28-,29+,30+,31-,32+,33+,34+,35+,36-,37-,38+,39-,40+,41-,42-,43-,44+/m0/s1. The van der Waals surface area contributed by atoms with Crippen LogP contribution in [0.1, 0.15) is 72.1 Å². The summed E-state index contributed by atoms with van der Waals surface area (Å²) >= 11 is 0. The summed E-state index contributed by atoms with van der Waals surface area (Å²) in [5, 5.41) is 128. The molecule has 7 fully saturated rings. The van der Waals surface area contributed by atoms with Crippen molar-refractivity contribution in [3.05, 3.63) is 11.6 Å². The number of carbonyl (C=O) groups is 1. The maximum atomic E-state index is 12.6. The van der Waals surface area contributed by atoms with Gasteiger partial charge in [-0.3, -0.25) is 4.79 Å². The van der Waals surface area contributed by atoms with E-state index in [1.54, 1.807) is 6.92 Å². The molecule has 12 N–H and O–H groups in total. The van der Waals surface area contributed by atoms with Gasteiger partial charge in [0.2, 0.25) is 0 Å². The zero-order chi connectivity index (χ0) is 46.9. The van der Waals surface area contributed by atoms with Gasteiger partial charge in [0, 0.05) is 0 Å². The maximum absolute atomic E-state index is 12.6. The van der Waals surface area contributed by atoms with Crippen molar-refractivity contribution in [3.8, 4) is 0 Å². The molecule has 3 saturated carbocycles. The summed E-state index contributed by atoms with van der Waals surface area (Å²) in [5.41, 5.74) is 0.957. The fourth-order valence-electron chi connectivity index (χ4n) is 13.0. The molecule has 0 aromatic heterocycles. The van der Waals surface area contributed by atoms with Gasteiger partial charge in [-0.2, -0.15) is 0 Å². The first-order chi connectivity index (χ1) is 30.9. The Morgan fingerprint density at radius 1 is 0.615 bits per heavy atom. The lowest BCUT2D eigenvalue weighted by Crippen LogP contribution is -2.68. The molecule has 372 valence electrons. The molecule has 21 nitrogen and oxygen atoms in total. The molecule has 21 heteroatoms. The molecular weight excluding hydrogens is 864 g/mol. The van der Waals surface area contributed by atoms with Gasteiger partial charge in [0.1, 0.15) is 91.6 Å². The van der Waals surface area contributed by atoms with E-state index < -0.39 is 143 Å². The number of aliphatic hydroxyl groups excluding tert-OH is 12. The van der Waals surface area contributed by atoms with Gasteiger partial charge in [0.15, 0.2) is 30.9 Å². The predicted molar refractivity (Wildman–Crippen MR) is 216 cm³/mol. The van der Waals surface area contributed by atoms with E-state index in [1.807, 2.05) is 0 Å². The van der Waals surface area contributed by atoms with Crippen LogP contribution in [0.4, 0.5) is 0 Å². The molecule has 8 rings (SSSR count). The van der Waals surface area contributed by atoms with Gasteiger partial charge in [-0.15, -0.1) is 0 Å². The number of ketones is 1. The number of fused-ring (bicyclic) bond motifs is 5. The Balaban J connectivity index is 0.972. The summed E-state index contributed by atoms with van der Waals surface area (Å²) in [6.07, 6.45) is -23.9. The molecule has 0 aromatic rings. The van der Waals surface area contributed by atoms with Crippen molar-refractivity contribution in [1.82, 2.24) is 0 Å². The van der Waals surface area contributed by atoms with Crippen molar-refractivity contribution in [3.63, 3.8) is 0 Å². The number of Topliss-reactive ketones (excluding diaryl/α,β-unsaturated/α-hetero) is 1. The third kappa shape index (κ3) is 9.03. The smallest absolute Gasteiger partial charge is 0.187 e. The Morgan fingerprint density at radius 2 is 1.22 bits per heavy atom. The quantitative estimate of drug-likeness (QED) is 0.0843. The molecule has 26 atom stereocenters. The van der Waals surface area contributed by atoms with Crippen LogP contribution in [0.5, 0.6) is 0 Å². The highest BCUT2D eigenvalue weighted by Crippen LogP contribution is 2.66. The molecule has 0 amide bonds. The van der Waals surface area contributed by atoms with E-state index in [-0.39, 0.29) is 22.7 Å². The van der Waals surface area contributed by atoms with Crippen LogP contribution < -0.4 is 0 Å². The number of carbonyl (C=O) groups excluding carboxylic acids is 1. The minimum Gasteiger partial charge on any atom is -0.394 e. The minimum absolute atomic E-state index is 0.0548. The lowest BCUT2D eigenvalue weighted by Gasteiger charge is -2.61. The maximum Gasteiger partial charge on any atom is 0.187 e. The number of hydrogen-bond donors (Lipinski definition) is 12. The van der Waals surface area contributed by atoms with Gasteiger partial charge in [-0.05, 0) is 98.4 Å². The summed E-state index contributed by atoms with van der Waals surface area (Å²) in [6.45, 7) is 3.32. The summed E-state index contributed by atoms with van der Waals surface area (Å²) in [5.74, 6) is 1.96. The van der Waals surface area contributed by atoms with Gasteiger partial charge in [-0.25, -0.2) is 0 Å². The van der Waals surface area contributed by atoms with E-state index in [2.05, 4.69) is 19.9 Å². The van der Waals surface area contributed by atoms with E-state index in [0.29, 0.717) is 36.5 Å². The number of aliphatic hydroxyl groups is 12. The van der Waals surface area contributed by atoms with Crippen LogP contribution in [0.3, 0.4) is 0 Å². The molecule has 0 spiro atoms. The third-order valence-electron chi connectivity index (χ3n) is 16.7. The van der Waals surface area contributed by atoms with E-state index >= 15 is 0 Å². The van der Waals surface area contributed by atoms with Crippen LogP contribution in [0.2, 0.25) is 0 Å². The highest BCUT2D eigenvalue weighted by Gasteiger charge is 2.61. The number of hydrogen-bond acceptors (Lipinski definition) is 21. The van der Waals surface area contributed by atoms with Crippen molar-refractivity contribution >= 4 is 5.78 Å².